The highest BCUT2D eigenvalue weighted by molar-refractivity contribution is 5.65. The molecule has 0 N–H and O–H groups in total. The summed E-state index contributed by atoms with van der Waals surface area (Å²) in [6.07, 6.45) is 15.8. The highest BCUT2D eigenvalue weighted by atomic mass is 19.1. The van der Waals surface area contributed by atoms with Crippen LogP contribution in [0, 0.1) is 23.6 Å². The van der Waals surface area contributed by atoms with E-state index >= 15 is 4.39 Å². The molecule has 0 aliphatic heterocycles. The Morgan fingerprint density at radius 1 is 0.839 bits per heavy atom. The van der Waals surface area contributed by atoms with Crippen LogP contribution in [0.3, 0.4) is 0 Å². The zero-order valence-electron chi connectivity index (χ0n) is 19.7. The Balaban J connectivity index is 1.31. The predicted octanol–water partition coefficient (Wildman–Crippen LogP) is 9.33. The lowest BCUT2D eigenvalue weighted by molar-refractivity contribution is 0.200. The Bertz CT molecular complexity index is 807. The molecule has 2 aromatic carbocycles. The number of aryl methyl sites for hydroxylation is 1. The summed E-state index contributed by atoms with van der Waals surface area (Å²) in [5, 5.41) is 0. The molecule has 2 fully saturated rings. The van der Waals surface area contributed by atoms with E-state index in [1.165, 1.54) is 81.8 Å². The summed E-state index contributed by atoms with van der Waals surface area (Å²) in [5.41, 5.74) is 4.34. The lowest BCUT2D eigenvalue weighted by atomic mass is 9.73. The normalized spacial score (nSPS) is 25.9. The van der Waals surface area contributed by atoms with Crippen LogP contribution in [0.1, 0.15) is 102 Å². The minimum atomic E-state index is -0.0567. The van der Waals surface area contributed by atoms with Crippen LogP contribution < -0.4 is 0 Å². The van der Waals surface area contributed by atoms with Gasteiger partial charge < -0.3 is 0 Å². The molecule has 0 spiro atoms. The van der Waals surface area contributed by atoms with Gasteiger partial charge in [0.15, 0.2) is 0 Å². The van der Waals surface area contributed by atoms with Gasteiger partial charge in [-0.3, -0.25) is 0 Å². The van der Waals surface area contributed by atoms with Gasteiger partial charge in [0.05, 0.1) is 0 Å². The molecule has 1 heteroatoms. The van der Waals surface area contributed by atoms with Crippen molar-refractivity contribution < 1.29 is 4.39 Å². The van der Waals surface area contributed by atoms with Gasteiger partial charge >= 0.3 is 0 Å². The summed E-state index contributed by atoms with van der Waals surface area (Å²) in [6, 6.07) is 14.6. The summed E-state index contributed by atoms with van der Waals surface area (Å²) >= 11 is 0. The molecule has 31 heavy (non-hydrogen) atoms. The smallest absolute Gasteiger partial charge is 0.131 e. The van der Waals surface area contributed by atoms with Gasteiger partial charge in [-0.05, 0) is 97.8 Å². The topological polar surface area (TPSA) is 0 Å². The van der Waals surface area contributed by atoms with E-state index in [1.54, 1.807) is 0 Å². The van der Waals surface area contributed by atoms with Crippen LogP contribution in [-0.4, -0.2) is 0 Å². The SMILES string of the molecule is CCCCC[C@H]1CC[C@H](c2ccc(-c3ccc(CCC4CC(C)C4)cc3)c(F)c2)CC1. The molecule has 0 saturated heterocycles. The van der Waals surface area contributed by atoms with Crippen molar-refractivity contribution in [3.05, 3.63) is 59.4 Å². The molecule has 0 heterocycles. The lowest BCUT2D eigenvalue weighted by Gasteiger charge is -2.32. The molecule has 0 bridgehead atoms. The van der Waals surface area contributed by atoms with Crippen LogP contribution in [0.15, 0.2) is 42.5 Å². The van der Waals surface area contributed by atoms with Gasteiger partial charge in [0.1, 0.15) is 5.82 Å². The third-order valence-electron chi connectivity index (χ3n) is 8.10. The van der Waals surface area contributed by atoms with E-state index in [9.17, 15) is 0 Å². The highest BCUT2D eigenvalue weighted by Gasteiger charge is 2.25. The first-order chi connectivity index (χ1) is 15.1. The van der Waals surface area contributed by atoms with Crippen LogP contribution in [0.5, 0.6) is 0 Å². The lowest BCUT2D eigenvalue weighted by Crippen LogP contribution is -2.21. The van der Waals surface area contributed by atoms with E-state index in [0.29, 0.717) is 5.92 Å². The molecular weight excluding hydrogens is 379 g/mol. The fourth-order valence-corrected chi connectivity index (χ4v) is 6.01. The molecule has 0 unspecified atom stereocenters. The Morgan fingerprint density at radius 2 is 1.58 bits per heavy atom. The molecule has 2 aromatic rings. The van der Waals surface area contributed by atoms with Crippen molar-refractivity contribution in [1.29, 1.82) is 0 Å². The predicted molar refractivity (Wildman–Crippen MR) is 131 cm³/mol. The Morgan fingerprint density at radius 3 is 2.23 bits per heavy atom. The van der Waals surface area contributed by atoms with Gasteiger partial charge in [-0.2, -0.15) is 0 Å². The molecule has 2 aliphatic rings. The van der Waals surface area contributed by atoms with Gasteiger partial charge in [0.25, 0.3) is 0 Å². The van der Waals surface area contributed by atoms with Crippen molar-refractivity contribution in [2.24, 2.45) is 17.8 Å². The second kappa shape index (κ2) is 10.8. The maximum atomic E-state index is 15.0. The Labute approximate surface area is 189 Å². The summed E-state index contributed by atoms with van der Waals surface area (Å²) in [4.78, 5) is 0. The van der Waals surface area contributed by atoms with Crippen LogP contribution in [0.2, 0.25) is 0 Å². The maximum absolute atomic E-state index is 15.0. The maximum Gasteiger partial charge on any atom is 0.131 e. The summed E-state index contributed by atoms with van der Waals surface area (Å²) in [7, 11) is 0. The van der Waals surface area contributed by atoms with Crippen LogP contribution >= 0.6 is 0 Å². The number of rotatable bonds is 9. The largest absolute Gasteiger partial charge is 0.206 e. The quantitative estimate of drug-likeness (QED) is 0.354. The van der Waals surface area contributed by atoms with Crippen molar-refractivity contribution in [3.8, 4) is 11.1 Å². The van der Waals surface area contributed by atoms with Crippen molar-refractivity contribution >= 4 is 0 Å². The first-order valence-electron chi connectivity index (χ1n) is 13.0. The Hall–Kier alpha value is -1.63. The third kappa shape index (κ3) is 5.99. The van der Waals surface area contributed by atoms with E-state index in [2.05, 4.69) is 44.2 Å². The fourth-order valence-electron chi connectivity index (χ4n) is 6.01. The minimum absolute atomic E-state index is 0.0567. The number of hydrogen-bond donors (Lipinski definition) is 0. The minimum Gasteiger partial charge on any atom is -0.206 e. The number of hydrogen-bond acceptors (Lipinski definition) is 0. The second-order valence-corrected chi connectivity index (χ2v) is 10.6. The Kier molecular flexibility index (Phi) is 7.86. The van der Waals surface area contributed by atoms with Crippen molar-refractivity contribution in [2.75, 3.05) is 0 Å². The average Bonchev–Trinajstić information content (AvgIpc) is 2.77. The molecule has 2 aliphatic carbocycles. The molecule has 0 radical (unpaired) electrons. The van der Waals surface area contributed by atoms with E-state index < -0.39 is 0 Å². The third-order valence-corrected chi connectivity index (χ3v) is 8.10. The van der Waals surface area contributed by atoms with Crippen LogP contribution in [-0.2, 0) is 6.42 Å². The molecule has 4 rings (SSSR count). The van der Waals surface area contributed by atoms with Crippen molar-refractivity contribution in [1.82, 2.24) is 0 Å². The second-order valence-electron chi connectivity index (χ2n) is 10.6. The number of halogens is 1. The zero-order chi connectivity index (χ0) is 21.6. The molecule has 0 atom stereocenters. The van der Waals surface area contributed by atoms with Crippen molar-refractivity contribution in [3.63, 3.8) is 0 Å². The first-order valence-corrected chi connectivity index (χ1v) is 13.0. The molecule has 168 valence electrons. The first kappa shape index (κ1) is 22.6. The number of benzene rings is 2. The fraction of sp³-hybridized carbons (Fsp3) is 0.600. The van der Waals surface area contributed by atoms with Gasteiger partial charge in [0.2, 0.25) is 0 Å². The van der Waals surface area contributed by atoms with E-state index in [-0.39, 0.29) is 5.82 Å². The standard InChI is InChI=1S/C30H41F/c1-3-4-5-6-23-9-13-26(14-10-23)28-17-18-29(30(31)21-28)27-15-11-24(12-16-27)7-8-25-19-22(2)20-25/h11-12,15-18,21-23,25-26H,3-10,13-14,19-20H2,1-2H3/t22?,23-,25?,26-. The molecule has 0 amide bonds. The van der Waals surface area contributed by atoms with Gasteiger partial charge in [0, 0.05) is 5.56 Å². The average molecular weight is 421 g/mol. The van der Waals surface area contributed by atoms with E-state index in [4.69, 9.17) is 0 Å². The number of unbranched alkanes of at least 4 members (excludes halogenated alkanes) is 2. The molecule has 0 aromatic heterocycles. The zero-order valence-corrected chi connectivity index (χ0v) is 19.7. The van der Waals surface area contributed by atoms with Gasteiger partial charge in [-0.25, -0.2) is 4.39 Å². The molecular formula is C30H41F. The van der Waals surface area contributed by atoms with Crippen LogP contribution in [0.4, 0.5) is 4.39 Å². The summed E-state index contributed by atoms with van der Waals surface area (Å²) in [6.45, 7) is 4.63. The van der Waals surface area contributed by atoms with Gasteiger partial charge in [-0.1, -0.05) is 75.9 Å². The van der Waals surface area contributed by atoms with Gasteiger partial charge in [-0.15, -0.1) is 0 Å². The van der Waals surface area contributed by atoms with Crippen molar-refractivity contribution in [2.45, 2.75) is 96.8 Å². The molecule has 2 saturated carbocycles. The van der Waals surface area contributed by atoms with E-state index in [0.717, 1.165) is 35.3 Å². The summed E-state index contributed by atoms with van der Waals surface area (Å²) in [5.74, 6) is 3.24. The monoisotopic (exact) mass is 420 g/mol. The highest BCUT2D eigenvalue weighted by Crippen LogP contribution is 2.39. The molecule has 0 nitrogen and oxygen atoms in total. The van der Waals surface area contributed by atoms with Crippen LogP contribution in [0.25, 0.3) is 11.1 Å². The van der Waals surface area contributed by atoms with E-state index in [1.807, 2.05) is 12.1 Å². The summed E-state index contributed by atoms with van der Waals surface area (Å²) < 4.78 is 15.0.